The number of carboxylic acids is 1. The summed E-state index contributed by atoms with van der Waals surface area (Å²) in [6.45, 7) is 0. The first-order chi connectivity index (χ1) is 4.84. The lowest BCUT2D eigenvalue weighted by molar-refractivity contribution is -0.301. The standard InChI is InChI=1S/C4H4ClF3O2S/c5-3(4(6,7)8)11-1-2(9)10/h3H,1H2,(H,9,10)/p-1/t3-/m1/s1. The summed E-state index contributed by atoms with van der Waals surface area (Å²) in [5, 5.41) is 9.67. The maximum Gasteiger partial charge on any atom is 0.413 e. The highest BCUT2D eigenvalue weighted by Gasteiger charge is 2.38. The van der Waals surface area contributed by atoms with Crippen LogP contribution in [0.15, 0.2) is 0 Å². The van der Waals surface area contributed by atoms with Crippen LogP contribution in [0.25, 0.3) is 0 Å². The van der Waals surface area contributed by atoms with Crippen LogP contribution in [0.4, 0.5) is 13.2 Å². The lowest BCUT2D eigenvalue weighted by Gasteiger charge is -2.12. The van der Waals surface area contributed by atoms with Crippen molar-refractivity contribution in [2.75, 3.05) is 5.75 Å². The van der Waals surface area contributed by atoms with Crippen molar-refractivity contribution in [3.05, 3.63) is 0 Å². The molecule has 0 heterocycles. The van der Waals surface area contributed by atoms with Gasteiger partial charge in [0.2, 0.25) is 0 Å². The number of aliphatic carboxylic acids is 1. The smallest absolute Gasteiger partial charge is 0.413 e. The van der Waals surface area contributed by atoms with Gasteiger partial charge >= 0.3 is 6.18 Å². The maximum atomic E-state index is 11.5. The molecule has 0 aliphatic rings. The molecule has 0 aromatic carbocycles. The van der Waals surface area contributed by atoms with Gasteiger partial charge in [0.05, 0.1) is 5.97 Å². The Labute approximate surface area is 69.7 Å². The summed E-state index contributed by atoms with van der Waals surface area (Å²) in [7, 11) is 0. The van der Waals surface area contributed by atoms with Gasteiger partial charge < -0.3 is 9.90 Å². The van der Waals surface area contributed by atoms with Crippen LogP contribution in [0, 0.1) is 0 Å². The quantitative estimate of drug-likeness (QED) is 0.637. The Morgan fingerprint density at radius 3 is 2.36 bits per heavy atom. The Hall–Kier alpha value is -0.100. The molecule has 7 heteroatoms. The zero-order chi connectivity index (χ0) is 9.07. The second-order valence-corrected chi connectivity index (χ2v) is 3.33. The van der Waals surface area contributed by atoms with E-state index in [9.17, 15) is 23.1 Å². The normalized spacial score (nSPS) is 14.5. The summed E-state index contributed by atoms with van der Waals surface area (Å²) in [5.74, 6) is -2.32. The number of rotatable bonds is 3. The van der Waals surface area contributed by atoms with Crippen molar-refractivity contribution in [2.45, 2.75) is 10.9 Å². The van der Waals surface area contributed by atoms with Gasteiger partial charge in [-0.2, -0.15) is 13.2 Å². The average molecular weight is 208 g/mol. The summed E-state index contributed by atoms with van der Waals surface area (Å²) in [6.07, 6.45) is -4.57. The van der Waals surface area contributed by atoms with Gasteiger partial charge in [0.25, 0.3) is 0 Å². The number of carbonyl (C=O) groups excluding carboxylic acids is 1. The minimum absolute atomic E-state index is 0.0698. The number of halogens is 4. The molecule has 0 unspecified atom stereocenters. The van der Waals surface area contributed by atoms with Gasteiger partial charge in [-0.3, -0.25) is 0 Å². The fourth-order valence-corrected chi connectivity index (χ4v) is 0.896. The molecular weight excluding hydrogens is 205 g/mol. The number of carboxylic acid groups (broad SMARTS) is 1. The summed E-state index contributed by atoms with van der Waals surface area (Å²) >= 11 is 4.82. The van der Waals surface area contributed by atoms with Crippen LogP contribution in [0.1, 0.15) is 0 Å². The van der Waals surface area contributed by atoms with Crippen LogP contribution in [-0.2, 0) is 4.79 Å². The molecule has 0 rings (SSSR count). The van der Waals surface area contributed by atoms with E-state index in [-0.39, 0.29) is 11.8 Å². The predicted octanol–water partition coefficient (Wildman–Crippen LogP) is 0.597. The van der Waals surface area contributed by atoms with Crippen LogP contribution in [0.2, 0.25) is 0 Å². The Balaban J connectivity index is 3.70. The van der Waals surface area contributed by atoms with Crippen molar-refractivity contribution < 1.29 is 23.1 Å². The minimum Gasteiger partial charge on any atom is -0.549 e. The topological polar surface area (TPSA) is 40.1 Å². The van der Waals surface area contributed by atoms with Crippen molar-refractivity contribution in [3.63, 3.8) is 0 Å². The van der Waals surface area contributed by atoms with Gasteiger partial charge in [-0.25, -0.2) is 0 Å². The number of thioether (sulfide) groups is 1. The first-order valence-corrected chi connectivity index (χ1v) is 3.85. The zero-order valence-corrected chi connectivity index (χ0v) is 6.59. The van der Waals surface area contributed by atoms with Crippen molar-refractivity contribution in [1.29, 1.82) is 0 Å². The van der Waals surface area contributed by atoms with E-state index in [0.29, 0.717) is 0 Å². The van der Waals surface area contributed by atoms with E-state index in [4.69, 9.17) is 11.6 Å². The lowest BCUT2D eigenvalue weighted by atomic mass is 10.8. The van der Waals surface area contributed by atoms with Crippen molar-refractivity contribution in [3.8, 4) is 0 Å². The summed E-state index contributed by atoms with van der Waals surface area (Å²) < 4.78 is 32.4. The highest BCUT2D eigenvalue weighted by Crippen LogP contribution is 2.32. The summed E-state index contributed by atoms with van der Waals surface area (Å²) in [6, 6.07) is 0. The predicted molar refractivity (Wildman–Crippen MR) is 33.2 cm³/mol. The molecule has 0 bridgehead atoms. The second-order valence-electron chi connectivity index (χ2n) is 1.54. The Morgan fingerprint density at radius 1 is 1.64 bits per heavy atom. The molecule has 0 amide bonds. The van der Waals surface area contributed by atoms with Gasteiger partial charge in [-0.15, -0.1) is 23.4 Å². The molecule has 0 aromatic heterocycles. The first-order valence-electron chi connectivity index (χ1n) is 2.36. The average Bonchev–Trinajstić information content (AvgIpc) is 1.80. The Morgan fingerprint density at radius 2 is 2.09 bits per heavy atom. The van der Waals surface area contributed by atoms with Gasteiger partial charge in [0, 0.05) is 5.75 Å². The van der Waals surface area contributed by atoms with Crippen LogP contribution >= 0.6 is 23.4 Å². The molecule has 0 aliphatic heterocycles. The maximum absolute atomic E-state index is 11.5. The molecular formula is C4H3ClF3O2S-. The summed E-state index contributed by atoms with van der Waals surface area (Å²) in [4.78, 5) is 9.67. The fourth-order valence-electron chi connectivity index (χ4n) is 0.236. The Kier molecular flexibility index (Phi) is 4.02. The molecule has 0 N–H and O–H groups in total. The Bertz CT molecular complexity index is 149. The third-order valence-electron chi connectivity index (χ3n) is 0.605. The molecule has 11 heavy (non-hydrogen) atoms. The molecule has 0 saturated heterocycles. The molecule has 66 valence electrons. The minimum atomic E-state index is -4.57. The second kappa shape index (κ2) is 4.06. The number of carbonyl (C=O) groups is 1. The number of hydrogen-bond donors (Lipinski definition) is 0. The van der Waals surface area contributed by atoms with E-state index < -0.39 is 22.6 Å². The molecule has 0 aliphatic carbocycles. The van der Waals surface area contributed by atoms with E-state index in [1.54, 1.807) is 0 Å². The number of hydrogen-bond acceptors (Lipinski definition) is 3. The van der Waals surface area contributed by atoms with Crippen molar-refractivity contribution >= 4 is 29.3 Å². The molecule has 0 fully saturated rings. The SMILES string of the molecule is O=C([O-])CS[C@@H](Cl)C(F)(F)F. The van der Waals surface area contributed by atoms with Gasteiger partial charge in [-0.05, 0) is 0 Å². The molecule has 0 radical (unpaired) electrons. The highest BCUT2D eigenvalue weighted by molar-refractivity contribution is 8.01. The van der Waals surface area contributed by atoms with E-state index in [1.807, 2.05) is 0 Å². The largest absolute Gasteiger partial charge is 0.549 e. The highest BCUT2D eigenvalue weighted by atomic mass is 35.5. The van der Waals surface area contributed by atoms with E-state index in [2.05, 4.69) is 0 Å². The van der Waals surface area contributed by atoms with Crippen molar-refractivity contribution in [1.82, 2.24) is 0 Å². The van der Waals surface area contributed by atoms with Gasteiger partial charge in [0.15, 0.2) is 4.71 Å². The third-order valence-corrected chi connectivity index (χ3v) is 2.19. The third kappa shape index (κ3) is 5.20. The molecule has 0 aromatic rings. The molecule has 0 spiro atoms. The molecule has 1 atom stereocenters. The van der Waals surface area contributed by atoms with Gasteiger partial charge in [0.1, 0.15) is 0 Å². The zero-order valence-electron chi connectivity index (χ0n) is 5.02. The van der Waals surface area contributed by atoms with Crippen LogP contribution in [0.5, 0.6) is 0 Å². The van der Waals surface area contributed by atoms with Crippen molar-refractivity contribution in [2.24, 2.45) is 0 Å². The van der Waals surface area contributed by atoms with E-state index >= 15 is 0 Å². The fraction of sp³-hybridized carbons (Fsp3) is 0.750. The lowest BCUT2D eigenvalue weighted by Crippen LogP contribution is -2.28. The van der Waals surface area contributed by atoms with Gasteiger partial charge in [-0.1, -0.05) is 0 Å². The molecule has 0 saturated carbocycles. The van der Waals surface area contributed by atoms with E-state index in [0.717, 1.165) is 0 Å². The van der Waals surface area contributed by atoms with Crippen LogP contribution in [-0.4, -0.2) is 22.6 Å². The van der Waals surface area contributed by atoms with E-state index in [1.165, 1.54) is 0 Å². The van der Waals surface area contributed by atoms with Crippen LogP contribution < -0.4 is 5.11 Å². The molecule has 2 nitrogen and oxygen atoms in total. The summed E-state index contributed by atoms with van der Waals surface area (Å²) in [5.41, 5.74) is 0. The first kappa shape index (κ1) is 10.9. The van der Waals surface area contributed by atoms with Crippen LogP contribution in [0.3, 0.4) is 0 Å². The number of alkyl halides is 4. The monoisotopic (exact) mass is 207 g/mol.